The van der Waals surface area contributed by atoms with Gasteiger partial charge < -0.3 is 4.74 Å². The summed E-state index contributed by atoms with van der Waals surface area (Å²) in [6.07, 6.45) is 4.12. The summed E-state index contributed by atoms with van der Waals surface area (Å²) in [5.41, 5.74) is 5.35. The SMILES string of the molecule is CCOC(=O)c1nn(C)c2c1CCc1cnc(Cc3ccccc3)nc1-2. The van der Waals surface area contributed by atoms with Crippen LogP contribution in [0.4, 0.5) is 0 Å². The Hall–Kier alpha value is -3.02. The fraction of sp³-hybridized carbons (Fsp3) is 0.300. The summed E-state index contributed by atoms with van der Waals surface area (Å²) < 4.78 is 6.89. The van der Waals surface area contributed by atoms with Gasteiger partial charge in [-0.25, -0.2) is 14.8 Å². The second kappa shape index (κ2) is 6.71. The Morgan fingerprint density at radius 2 is 2.04 bits per heavy atom. The molecular weight excluding hydrogens is 328 g/mol. The maximum absolute atomic E-state index is 12.2. The monoisotopic (exact) mass is 348 g/mol. The maximum Gasteiger partial charge on any atom is 0.359 e. The molecule has 4 rings (SSSR count). The van der Waals surface area contributed by atoms with E-state index in [9.17, 15) is 4.79 Å². The topological polar surface area (TPSA) is 69.9 Å². The fourth-order valence-corrected chi connectivity index (χ4v) is 3.42. The third kappa shape index (κ3) is 2.87. The number of carbonyl (C=O) groups is 1. The van der Waals surface area contributed by atoms with Crippen molar-refractivity contribution in [3.05, 3.63) is 64.7 Å². The number of aromatic nitrogens is 4. The first-order valence-electron chi connectivity index (χ1n) is 8.79. The Balaban J connectivity index is 1.74. The fourth-order valence-electron chi connectivity index (χ4n) is 3.42. The third-order valence-corrected chi connectivity index (χ3v) is 4.60. The predicted octanol–water partition coefficient (Wildman–Crippen LogP) is 2.74. The van der Waals surface area contributed by atoms with Gasteiger partial charge in [-0.1, -0.05) is 30.3 Å². The third-order valence-electron chi connectivity index (χ3n) is 4.60. The smallest absolute Gasteiger partial charge is 0.359 e. The molecule has 6 nitrogen and oxygen atoms in total. The predicted molar refractivity (Wildman–Crippen MR) is 96.8 cm³/mol. The molecule has 0 unspecified atom stereocenters. The zero-order chi connectivity index (χ0) is 18.1. The average Bonchev–Trinajstić information content (AvgIpc) is 3.00. The molecule has 6 heteroatoms. The molecule has 0 radical (unpaired) electrons. The second-order valence-corrected chi connectivity index (χ2v) is 6.34. The molecule has 0 amide bonds. The number of hydrogen-bond acceptors (Lipinski definition) is 5. The van der Waals surface area contributed by atoms with Crippen LogP contribution < -0.4 is 0 Å². The Morgan fingerprint density at radius 1 is 1.23 bits per heavy atom. The van der Waals surface area contributed by atoms with Gasteiger partial charge in [-0.05, 0) is 30.9 Å². The Morgan fingerprint density at radius 3 is 2.81 bits per heavy atom. The number of benzene rings is 1. The standard InChI is InChI=1S/C20H20N4O2/c1-3-26-20(25)18-15-10-9-14-12-21-16(11-13-7-5-4-6-8-13)22-17(14)19(15)24(2)23-18/h4-8,12H,3,9-11H2,1-2H3. The molecular formula is C20H20N4O2. The zero-order valence-corrected chi connectivity index (χ0v) is 14.9. The average molecular weight is 348 g/mol. The number of carbonyl (C=O) groups excluding carboxylic acids is 1. The van der Waals surface area contributed by atoms with E-state index in [0.717, 1.165) is 41.2 Å². The second-order valence-electron chi connectivity index (χ2n) is 6.34. The summed E-state index contributed by atoms with van der Waals surface area (Å²) >= 11 is 0. The van der Waals surface area contributed by atoms with Crippen molar-refractivity contribution >= 4 is 5.97 Å². The highest BCUT2D eigenvalue weighted by Crippen LogP contribution is 2.33. The van der Waals surface area contributed by atoms with E-state index in [1.54, 1.807) is 11.6 Å². The number of hydrogen-bond donors (Lipinski definition) is 0. The molecule has 3 aromatic rings. The van der Waals surface area contributed by atoms with Gasteiger partial charge in [0.2, 0.25) is 0 Å². The molecule has 132 valence electrons. The van der Waals surface area contributed by atoms with E-state index in [4.69, 9.17) is 9.72 Å². The van der Waals surface area contributed by atoms with Crippen LogP contribution in [0.25, 0.3) is 11.4 Å². The van der Waals surface area contributed by atoms with Crippen LogP contribution in [0.5, 0.6) is 0 Å². The van der Waals surface area contributed by atoms with Gasteiger partial charge in [-0.3, -0.25) is 4.68 Å². The minimum absolute atomic E-state index is 0.337. The van der Waals surface area contributed by atoms with Crippen molar-refractivity contribution in [3.8, 4) is 11.4 Å². The summed E-state index contributed by atoms with van der Waals surface area (Å²) in [4.78, 5) is 21.6. The van der Waals surface area contributed by atoms with Gasteiger partial charge in [0.15, 0.2) is 5.69 Å². The van der Waals surface area contributed by atoms with Crippen LogP contribution >= 0.6 is 0 Å². The maximum atomic E-state index is 12.2. The molecule has 1 aliphatic carbocycles. The van der Waals surface area contributed by atoms with Gasteiger partial charge in [0, 0.05) is 25.2 Å². The van der Waals surface area contributed by atoms with Crippen molar-refractivity contribution in [2.75, 3.05) is 6.61 Å². The molecule has 0 saturated carbocycles. The molecule has 0 aliphatic heterocycles. The van der Waals surface area contributed by atoms with E-state index in [2.05, 4.69) is 22.2 Å². The Kier molecular flexibility index (Phi) is 4.24. The van der Waals surface area contributed by atoms with Crippen molar-refractivity contribution in [1.82, 2.24) is 19.7 Å². The minimum Gasteiger partial charge on any atom is -0.461 e. The van der Waals surface area contributed by atoms with Crippen LogP contribution in [0.2, 0.25) is 0 Å². The molecule has 26 heavy (non-hydrogen) atoms. The molecule has 2 heterocycles. The number of ether oxygens (including phenoxy) is 1. The highest BCUT2D eigenvalue weighted by atomic mass is 16.5. The molecule has 2 aromatic heterocycles. The molecule has 0 saturated heterocycles. The quantitative estimate of drug-likeness (QED) is 0.678. The summed E-state index contributed by atoms with van der Waals surface area (Å²) in [7, 11) is 1.84. The lowest BCUT2D eigenvalue weighted by Crippen LogP contribution is -2.13. The van der Waals surface area contributed by atoms with Gasteiger partial charge in [0.25, 0.3) is 0 Å². The number of esters is 1. The minimum atomic E-state index is -0.369. The van der Waals surface area contributed by atoms with Gasteiger partial charge in [-0.15, -0.1) is 0 Å². The lowest BCUT2D eigenvalue weighted by atomic mass is 9.93. The number of fused-ring (bicyclic) bond motifs is 3. The first-order chi connectivity index (χ1) is 12.7. The van der Waals surface area contributed by atoms with Crippen LogP contribution in [0.1, 0.15) is 39.9 Å². The molecule has 0 atom stereocenters. The van der Waals surface area contributed by atoms with Gasteiger partial charge in [0.1, 0.15) is 5.82 Å². The van der Waals surface area contributed by atoms with E-state index < -0.39 is 0 Å². The normalized spacial score (nSPS) is 12.4. The molecule has 0 fully saturated rings. The summed E-state index contributed by atoms with van der Waals surface area (Å²) in [5, 5.41) is 4.41. The zero-order valence-electron chi connectivity index (χ0n) is 14.9. The summed E-state index contributed by atoms with van der Waals surface area (Å²) in [5.74, 6) is 0.396. The van der Waals surface area contributed by atoms with E-state index in [1.807, 2.05) is 31.4 Å². The molecule has 0 bridgehead atoms. The van der Waals surface area contributed by atoms with E-state index in [0.29, 0.717) is 18.7 Å². The van der Waals surface area contributed by atoms with Gasteiger partial charge >= 0.3 is 5.97 Å². The number of rotatable bonds is 4. The van der Waals surface area contributed by atoms with Gasteiger partial charge in [-0.2, -0.15) is 5.10 Å². The van der Waals surface area contributed by atoms with Crippen molar-refractivity contribution in [3.63, 3.8) is 0 Å². The van der Waals surface area contributed by atoms with Crippen LogP contribution in [-0.2, 0) is 31.0 Å². The molecule has 0 spiro atoms. The highest BCUT2D eigenvalue weighted by molar-refractivity contribution is 5.91. The Labute approximate surface area is 151 Å². The van der Waals surface area contributed by atoms with Crippen LogP contribution in [0.15, 0.2) is 36.5 Å². The van der Waals surface area contributed by atoms with Crippen LogP contribution in [-0.4, -0.2) is 32.3 Å². The van der Waals surface area contributed by atoms with Crippen LogP contribution in [0.3, 0.4) is 0 Å². The molecule has 0 N–H and O–H groups in total. The summed E-state index contributed by atoms with van der Waals surface area (Å²) in [6, 6.07) is 10.2. The number of nitrogens with zero attached hydrogens (tertiary/aromatic N) is 4. The lowest BCUT2D eigenvalue weighted by Gasteiger charge is -2.17. The van der Waals surface area contributed by atoms with Crippen molar-refractivity contribution < 1.29 is 9.53 Å². The first-order valence-corrected chi connectivity index (χ1v) is 8.79. The lowest BCUT2D eigenvalue weighted by molar-refractivity contribution is 0.0517. The van der Waals surface area contributed by atoms with E-state index >= 15 is 0 Å². The van der Waals surface area contributed by atoms with Crippen molar-refractivity contribution in [2.45, 2.75) is 26.2 Å². The van der Waals surface area contributed by atoms with E-state index in [-0.39, 0.29) is 5.97 Å². The molecule has 1 aliphatic rings. The van der Waals surface area contributed by atoms with Gasteiger partial charge in [0.05, 0.1) is 18.0 Å². The first kappa shape index (κ1) is 16.4. The van der Waals surface area contributed by atoms with E-state index in [1.165, 1.54) is 5.56 Å². The van der Waals surface area contributed by atoms with Crippen LogP contribution in [0, 0.1) is 0 Å². The number of aryl methyl sites for hydroxylation is 2. The molecule has 1 aromatic carbocycles. The summed E-state index contributed by atoms with van der Waals surface area (Å²) in [6.45, 7) is 2.13. The van der Waals surface area contributed by atoms with Crippen molar-refractivity contribution in [2.24, 2.45) is 7.05 Å². The Bertz CT molecular complexity index is 963. The largest absolute Gasteiger partial charge is 0.461 e. The van der Waals surface area contributed by atoms with Crippen molar-refractivity contribution in [1.29, 1.82) is 0 Å². The highest BCUT2D eigenvalue weighted by Gasteiger charge is 2.29.